The van der Waals surface area contributed by atoms with Gasteiger partial charge in [-0.25, -0.2) is 0 Å². The normalized spacial score (nSPS) is 10.2. The SMILES string of the molecule is CCOC(=O)CCC(=O)c1cc(Oc2ccc(Cl)cc2)ccc1O. The van der Waals surface area contributed by atoms with E-state index in [1.807, 2.05) is 0 Å². The number of ketones is 1. The van der Waals surface area contributed by atoms with Gasteiger partial charge in [0.1, 0.15) is 17.2 Å². The van der Waals surface area contributed by atoms with Crippen LogP contribution < -0.4 is 4.74 Å². The molecule has 2 rings (SSSR count). The molecule has 0 saturated carbocycles. The molecule has 0 heterocycles. The van der Waals surface area contributed by atoms with E-state index < -0.39 is 5.97 Å². The van der Waals surface area contributed by atoms with Crippen molar-refractivity contribution < 1.29 is 24.2 Å². The fraction of sp³-hybridized carbons (Fsp3) is 0.222. The Balaban J connectivity index is 2.08. The summed E-state index contributed by atoms with van der Waals surface area (Å²) in [5.74, 6) is -0.0158. The summed E-state index contributed by atoms with van der Waals surface area (Å²) in [6.07, 6.45) is -0.0782. The van der Waals surface area contributed by atoms with Gasteiger partial charge in [0.25, 0.3) is 0 Å². The maximum Gasteiger partial charge on any atom is 0.306 e. The van der Waals surface area contributed by atoms with Crippen LogP contribution in [0.3, 0.4) is 0 Å². The Morgan fingerprint density at radius 1 is 1.04 bits per heavy atom. The highest BCUT2D eigenvalue weighted by molar-refractivity contribution is 6.30. The van der Waals surface area contributed by atoms with Gasteiger partial charge in [-0.15, -0.1) is 0 Å². The highest BCUT2D eigenvalue weighted by Crippen LogP contribution is 2.28. The first-order valence-electron chi connectivity index (χ1n) is 7.45. The Morgan fingerprint density at radius 3 is 2.38 bits per heavy atom. The third-order valence-electron chi connectivity index (χ3n) is 3.18. The molecule has 0 aliphatic carbocycles. The van der Waals surface area contributed by atoms with Crippen molar-refractivity contribution in [3.8, 4) is 17.2 Å². The minimum atomic E-state index is -0.445. The average Bonchev–Trinajstić information content (AvgIpc) is 2.57. The van der Waals surface area contributed by atoms with Crippen LogP contribution >= 0.6 is 11.6 Å². The van der Waals surface area contributed by atoms with Crippen molar-refractivity contribution in [2.45, 2.75) is 19.8 Å². The second-order valence-electron chi connectivity index (χ2n) is 4.96. The van der Waals surface area contributed by atoms with Gasteiger partial charge < -0.3 is 14.6 Å². The van der Waals surface area contributed by atoms with Crippen LogP contribution in [0.1, 0.15) is 30.1 Å². The predicted molar refractivity (Wildman–Crippen MR) is 89.8 cm³/mol. The van der Waals surface area contributed by atoms with E-state index >= 15 is 0 Å². The first-order chi connectivity index (χ1) is 11.5. The van der Waals surface area contributed by atoms with Crippen molar-refractivity contribution >= 4 is 23.4 Å². The zero-order valence-corrected chi connectivity index (χ0v) is 13.9. The van der Waals surface area contributed by atoms with Gasteiger partial charge in [-0.1, -0.05) is 11.6 Å². The second-order valence-corrected chi connectivity index (χ2v) is 5.40. The minimum absolute atomic E-state index is 0.0334. The molecule has 0 aliphatic heterocycles. The lowest BCUT2D eigenvalue weighted by Crippen LogP contribution is -2.08. The minimum Gasteiger partial charge on any atom is -0.507 e. The summed E-state index contributed by atoms with van der Waals surface area (Å²) in [4.78, 5) is 23.5. The number of halogens is 1. The molecular weight excluding hydrogens is 332 g/mol. The number of hydrogen-bond acceptors (Lipinski definition) is 5. The number of rotatable bonds is 7. The summed E-state index contributed by atoms with van der Waals surface area (Å²) >= 11 is 5.81. The topological polar surface area (TPSA) is 72.8 Å². The number of benzene rings is 2. The molecule has 0 saturated heterocycles. The van der Waals surface area contributed by atoms with E-state index in [1.54, 1.807) is 37.3 Å². The smallest absolute Gasteiger partial charge is 0.306 e. The molecule has 1 N–H and O–H groups in total. The van der Waals surface area contributed by atoms with Crippen molar-refractivity contribution in [3.63, 3.8) is 0 Å². The van der Waals surface area contributed by atoms with Crippen LogP contribution in [-0.2, 0) is 9.53 Å². The highest BCUT2D eigenvalue weighted by atomic mass is 35.5. The predicted octanol–water partition coefficient (Wildman–Crippen LogP) is 4.36. The number of carbonyl (C=O) groups is 2. The van der Waals surface area contributed by atoms with E-state index in [2.05, 4.69) is 0 Å². The van der Waals surface area contributed by atoms with Gasteiger partial charge in [-0.05, 0) is 49.4 Å². The molecule has 0 atom stereocenters. The lowest BCUT2D eigenvalue weighted by atomic mass is 10.1. The molecule has 0 fully saturated rings. The summed E-state index contributed by atoms with van der Waals surface area (Å²) in [7, 11) is 0. The third-order valence-corrected chi connectivity index (χ3v) is 3.43. The van der Waals surface area contributed by atoms with Gasteiger partial charge in [-0.2, -0.15) is 0 Å². The molecule has 0 aliphatic rings. The van der Waals surface area contributed by atoms with Gasteiger partial charge in [-0.3, -0.25) is 9.59 Å². The zero-order valence-electron chi connectivity index (χ0n) is 13.1. The lowest BCUT2D eigenvalue weighted by Gasteiger charge is -2.09. The second kappa shape index (κ2) is 8.36. The molecule has 0 amide bonds. The standard InChI is InChI=1S/C18H17ClO5/c1-2-23-18(22)10-9-17(21)15-11-14(7-8-16(15)20)24-13-5-3-12(19)4-6-13/h3-8,11,20H,2,9-10H2,1H3. The highest BCUT2D eigenvalue weighted by Gasteiger charge is 2.15. The van der Waals surface area contributed by atoms with E-state index in [0.717, 1.165) is 0 Å². The summed E-state index contributed by atoms with van der Waals surface area (Å²) in [6.45, 7) is 1.96. The maximum atomic E-state index is 12.2. The van der Waals surface area contributed by atoms with Crippen LogP contribution in [0.4, 0.5) is 0 Å². The molecule has 0 aromatic heterocycles. The Kier molecular flexibility index (Phi) is 6.21. The van der Waals surface area contributed by atoms with Gasteiger partial charge in [0.05, 0.1) is 18.6 Å². The monoisotopic (exact) mass is 348 g/mol. The van der Waals surface area contributed by atoms with E-state index in [0.29, 0.717) is 16.5 Å². The van der Waals surface area contributed by atoms with Crippen molar-refractivity contribution in [3.05, 3.63) is 53.1 Å². The molecule has 0 unspecified atom stereocenters. The Labute approximate surface area is 144 Å². The number of phenolic OH excluding ortho intramolecular Hbond substituents is 1. The summed E-state index contributed by atoms with van der Waals surface area (Å²) in [5.41, 5.74) is 0.103. The molecule has 2 aromatic rings. The molecule has 0 spiro atoms. The third kappa shape index (κ3) is 4.99. The van der Waals surface area contributed by atoms with Crippen LogP contribution in [0.25, 0.3) is 0 Å². The fourth-order valence-corrected chi connectivity index (χ4v) is 2.15. The van der Waals surface area contributed by atoms with E-state index in [4.69, 9.17) is 21.1 Å². The molecule has 126 valence electrons. The Bertz CT molecular complexity index is 725. The Morgan fingerprint density at radius 2 is 1.71 bits per heavy atom. The molecule has 0 bridgehead atoms. The van der Waals surface area contributed by atoms with Crippen molar-refractivity contribution in [2.75, 3.05) is 6.61 Å². The maximum absolute atomic E-state index is 12.2. The number of carbonyl (C=O) groups excluding carboxylic acids is 2. The largest absolute Gasteiger partial charge is 0.507 e. The number of aromatic hydroxyl groups is 1. The van der Waals surface area contributed by atoms with E-state index in [1.165, 1.54) is 12.1 Å². The van der Waals surface area contributed by atoms with Crippen LogP contribution in [0, 0.1) is 0 Å². The molecule has 2 aromatic carbocycles. The number of Topliss-reactive ketones (excluding diaryl/α,β-unsaturated/α-hetero) is 1. The van der Waals surface area contributed by atoms with Gasteiger partial charge in [0.15, 0.2) is 5.78 Å². The summed E-state index contributed by atoms with van der Waals surface area (Å²) in [6, 6.07) is 11.1. The Hall–Kier alpha value is -2.53. The van der Waals surface area contributed by atoms with E-state index in [-0.39, 0.29) is 36.5 Å². The lowest BCUT2D eigenvalue weighted by molar-refractivity contribution is -0.143. The molecule has 6 heteroatoms. The number of phenols is 1. The van der Waals surface area contributed by atoms with Crippen LogP contribution in [0.5, 0.6) is 17.2 Å². The van der Waals surface area contributed by atoms with Crippen LogP contribution in [0.2, 0.25) is 5.02 Å². The van der Waals surface area contributed by atoms with Crippen LogP contribution in [0.15, 0.2) is 42.5 Å². The van der Waals surface area contributed by atoms with Crippen molar-refractivity contribution in [1.29, 1.82) is 0 Å². The molecule has 5 nitrogen and oxygen atoms in total. The molecular formula is C18H17ClO5. The summed E-state index contributed by atoms with van der Waals surface area (Å²) in [5, 5.41) is 10.5. The number of esters is 1. The summed E-state index contributed by atoms with van der Waals surface area (Å²) < 4.78 is 10.4. The van der Waals surface area contributed by atoms with Gasteiger partial charge in [0.2, 0.25) is 0 Å². The first-order valence-corrected chi connectivity index (χ1v) is 7.82. The molecule has 0 radical (unpaired) electrons. The fourth-order valence-electron chi connectivity index (χ4n) is 2.02. The van der Waals surface area contributed by atoms with Gasteiger partial charge >= 0.3 is 5.97 Å². The number of ether oxygens (including phenoxy) is 2. The van der Waals surface area contributed by atoms with Crippen LogP contribution in [-0.4, -0.2) is 23.5 Å². The number of hydrogen-bond donors (Lipinski definition) is 1. The molecule has 24 heavy (non-hydrogen) atoms. The van der Waals surface area contributed by atoms with Crippen molar-refractivity contribution in [1.82, 2.24) is 0 Å². The van der Waals surface area contributed by atoms with Gasteiger partial charge in [0, 0.05) is 11.4 Å². The average molecular weight is 349 g/mol. The first kappa shape index (κ1) is 17.8. The van der Waals surface area contributed by atoms with Crippen molar-refractivity contribution in [2.24, 2.45) is 0 Å². The van der Waals surface area contributed by atoms with E-state index in [9.17, 15) is 14.7 Å². The quantitative estimate of drug-likeness (QED) is 0.594. The zero-order chi connectivity index (χ0) is 17.5.